The van der Waals surface area contributed by atoms with Gasteiger partial charge < -0.3 is 83.9 Å². The highest BCUT2D eigenvalue weighted by molar-refractivity contribution is 8.00. The average molecular weight is 1580 g/mol. The fraction of sp³-hybridized carbons (Fsp3) is 0.451. The lowest BCUT2D eigenvalue weighted by molar-refractivity contribution is -0.675. The van der Waals surface area contributed by atoms with Crippen molar-refractivity contribution in [2.24, 2.45) is 15.3 Å². The summed E-state index contributed by atoms with van der Waals surface area (Å²) < 4.78 is 78.3. The summed E-state index contributed by atoms with van der Waals surface area (Å²) in [6, 6.07) is 5.55. The van der Waals surface area contributed by atoms with Crippen LogP contribution in [0.4, 0.5) is 30.5 Å². The fourth-order valence-corrected chi connectivity index (χ4v) is 14.6. The Morgan fingerprint density at radius 3 is 1.95 bits per heavy atom. The van der Waals surface area contributed by atoms with E-state index >= 15 is 0 Å². The van der Waals surface area contributed by atoms with E-state index in [-0.39, 0.29) is 71.0 Å². The molecule has 4 amide bonds. The van der Waals surface area contributed by atoms with Crippen LogP contribution in [0.1, 0.15) is 44.8 Å². The van der Waals surface area contributed by atoms with Gasteiger partial charge in [-0.3, -0.25) is 38.1 Å². The number of fused-ring (bicyclic) bond motifs is 3. The van der Waals surface area contributed by atoms with Gasteiger partial charge in [-0.15, -0.1) is 23.5 Å². The van der Waals surface area contributed by atoms with Crippen LogP contribution in [0.5, 0.6) is 0 Å². The van der Waals surface area contributed by atoms with Crippen LogP contribution < -0.4 is 64.6 Å². The molecule has 45 heteroatoms. The van der Waals surface area contributed by atoms with Crippen molar-refractivity contribution in [2.45, 2.75) is 75.6 Å². The Morgan fingerprint density at radius 1 is 0.885 bits per heavy atom. The van der Waals surface area contributed by atoms with Crippen molar-refractivity contribution in [1.29, 1.82) is 0 Å². The third kappa shape index (κ3) is 19.8. The molecular formula is C51H64B2F2IN19O14P2S5. The third-order valence-corrected chi connectivity index (χ3v) is 19.2. The number of halogens is 3. The van der Waals surface area contributed by atoms with Gasteiger partial charge in [0.25, 0.3) is 37.4 Å². The number of carbonyl (C=O) groups excluding carboxylic acids is 6. The van der Waals surface area contributed by atoms with Crippen LogP contribution in [-0.4, -0.2) is 224 Å². The van der Waals surface area contributed by atoms with E-state index in [1.165, 1.54) is 28.4 Å². The molecule has 0 spiro atoms. The predicted octanol–water partition coefficient (Wildman–Crippen LogP) is -2.23. The Bertz CT molecular complexity index is 3920. The molecule has 2 saturated heterocycles. The first-order chi connectivity index (χ1) is 45.2. The zero-order valence-electron chi connectivity index (χ0n) is 52.2. The number of nitrogen functional groups attached to an aromatic ring is 1. The summed E-state index contributed by atoms with van der Waals surface area (Å²) in [6.07, 6.45) is 10.0. The maximum atomic E-state index is 13.7. The molecule has 6 atom stereocenters. The average Bonchev–Trinajstić information content (AvgIpc) is 0.899. The van der Waals surface area contributed by atoms with E-state index in [0.29, 0.717) is 33.5 Å². The standard InChI is InChI=1S/C28H37B2FN10O5P2S2.C23H24FN9O5S2.HI.H2O4S/c1-7-33-23-18(40(47(5)29)13-9-11-38(3)4)10-8-12-39(23)14-17-15-49-26-20(25(43)41(26)21(17)27(44)46-48(6)30)34-24(42)19(36-45-16-31)22-35-28(32-2)50-37-22;1-2-3-6-32-11-26-18-13(32)5-4-7-31(18)8-12-9-39-21-15(20(35)33(21)16(12)22(36)37)27-19(34)14(29-38-10-24)17-28-23(25)40-30-17;;1-5(2,3)4/h7-8,10,12,20,26H,9,11,13-16H2,1-6H3,(H-,32,34,35,37,42);4-5,7,11,15,21H,2-3,6,8-10H2,1H3,(H3-,25,27,28,30,34,36,37);1H;(H2,1,2,3,4)/b36-19-;29-14-;;. The summed E-state index contributed by atoms with van der Waals surface area (Å²) in [4.78, 5) is 109. The number of hydrogen-bond donors (Lipinski definition) is 6. The number of carboxylic acids is 1. The SMILES string of the molecule is CCCCn1cnc2c1ccc[n+]2CC1=C(C(=O)[O-])N2C(=O)C(NC(=O)/C(=N\OCF)c3nsc(N)n3)C2SC1.O=S(=O)(O)O.[B]P(C)OC(=O)C1=C(C[n+]2cccc(N(CCCN(C)C)P([B])C)c2N=CC)CSC2C(NC(=O)/C(=N\OCF)c3nsc(NC)n3)C(=O)N12.[I-]. The van der Waals surface area contributed by atoms with Gasteiger partial charge in [-0.05, 0) is 83.0 Å². The van der Waals surface area contributed by atoms with E-state index in [4.69, 9.17) is 47.9 Å². The molecule has 0 aromatic carbocycles. The number of rotatable bonds is 28. The second kappa shape index (κ2) is 36.2. The Balaban J connectivity index is 0.000000286. The van der Waals surface area contributed by atoms with Gasteiger partial charge in [0, 0.05) is 73.9 Å². The minimum atomic E-state index is -4.67. The Morgan fingerprint density at radius 2 is 1.44 bits per heavy atom. The zero-order valence-corrected chi connectivity index (χ0v) is 60.2. The number of aliphatic imine (C=N–C) groups is 1. The number of nitrogens with zero attached hydrogens (tertiary/aromatic N) is 15. The van der Waals surface area contributed by atoms with E-state index in [1.807, 2.05) is 71.8 Å². The van der Waals surface area contributed by atoms with Gasteiger partial charge in [0.2, 0.25) is 34.5 Å². The number of aliphatic carboxylic acids is 1. The highest BCUT2D eigenvalue weighted by Crippen LogP contribution is 2.44. The van der Waals surface area contributed by atoms with Crippen molar-refractivity contribution in [3.05, 3.63) is 77.2 Å². The second-order valence-corrected chi connectivity index (χ2v) is 28.0. The zero-order chi connectivity index (χ0) is 69.4. The molecule has 9 heterocycles. The quantitative estimate of drug-likeness (QED) is 0.00451. The number of β-lactam (4-membered cyclic amide) rings is 2. The molecule has 96 heavy (non-hydrogen) atoms. The minimum absolute atomic E-state index is 0. The largest absolute Gasteiger partial charge is 1.00 e. The van der Waals surface area contributed by atoms with Crippen molar-refractivity contribution in [1.82, 2.24) is 53.6 Å². The van der Waals surface area contributed by atoms with Gasteiger partial charge in [0.1, 0.15) is 66.6 Å². The minimum Gasteiger partial charge on any atom is -1.00 e. The lowest BCUT2D eigenvalue weighted by Gasteiger charge is -2.50. The van der Waals surface area contributed by atoms with Crippen molar-refractivity contribution < 1.29 is 107 Å². The van der Waals surface area contributed by atoms with Crippen LogP contribution in [-0.2, 0) is 73.0 Å². The molecule has 4 aliphatic heterocycles. The van der Waals surface area contributed by atoms with Crippen LogP contribution in [0.3, 0.4) is 0 Å². The van der Waals surface area contributed by atoms with E-state index in [9.17, 15) is 42.7 Å². The van der Waals surface area contributed by atoms with Crippen LogP contribution in [0.15, 0.2) is 80.8 Å². The van der Waals surface area contributed by atoms with Gasteiger partial charge in [-0.1, -0.05) is 36.6 Å². The summed E-state index contributed by atoms with van der Waals surface area (Å²) in [5.74, 6) is -4.29. The smallest absolute Gasteiger partial charge is 0.394 e. The lowest BCUT2D eigenvalue weighted by Crippen LogP contribution is -3.00. The van der Waals surface area contributed by atoms with Gasteiger partial charge in [0.15, 0.2) is 12.7 Å². The molecule has 4 aliphatic rings. The highest BCUT2D eigenvalue weighted by Gasteiger charge is 2.56. The summed E-state index contributed by atoms with van der Waals surface area (Å²) >= 11 is 4.40. The number of pyridine rings is 2. The molecule has 9 rings (SSSR count). The molecule has 6 unspecified atom stereocenters. The monoisotopic (exact) mass is 1580 g/mol. The van der Waals surface area contributed by atoms with Gasteiger partial charge >= 0.3 is 27.8 Å². The number of hydrogen-bond acceptors (Lipinski definition) is 28. The number of unbranched alkanes of at least 4 members (excludes halogenated alkanes) is 1. The van der Waals surface area contributed by atoms with Crippen molar-refractivity contribution >= 4 is 174 Å². The number of amides is 4. The molecule has 33 nitrogen and oxygen atoms in total. The summed E-state index contributed by atoms with van der Waals surface area (Å²) in [7, 11) is 10.8. The number of carboxylic acid groups (broad SMARTS) is 1. The van der Waals surface area contributed by atoms with Crippen molar-refractivity contribution in [2.75, 3.05) is 88.5 Å². The molecular weight excluding hydrogens is 1510 g/mol. The molecule has 514 valence electrons. The number of alkyl halides is 2. The number of carbonyl (C=O) groups is 6. The molecule has 0 aliphatic carbocycles. The Labute approximate surface area is 587 Å². The molecule has 2 fully saturated rings. The first kappa shape index (κ1) is 78.3. The first-order valence-electron chi connectivity index (χ1n) is 28.2. The summed E-state index contributed by atoms with van der Waals surface area (Å²) in [5, 5.41) is 26.2. The maximum Gasteiger partial charge on any atom is 0.394 e. The second-order valence-electron chi connectivity index (χ2n) is 20.5. The molecule has 5 aromatic heterocycles. The molecule has 0 bridgehead atoms. The highest BCUT2D eigenvalue weighted by atomic mass is 127. The fourth-order valence-electron chi connectivity index (χ4n) is 9.71. The number of thioether (sulfide) groups is 2. The van der Waals surface area contributed by atoms with Gasteiger partial charge in [-0.25, -0.2) is 22.7 Å². The van der Waals surface area contributed by atoms with E-state index in [2.05, 4.69) is 76.1 Å². The third-order valence-electron chi connectivity index (χ3n) is 13.7. The Kier molecular flexibility index (Phi) is 29.6. The number of aryl methyl sites for hydroxylation is 1. The molecule has 0 saturated carbocycles. The molecule has 7 N–H and O–H groups in total. The number of imidazole rings is 1. The van der Waals surface area contributed by atoms with E-state index in [0.717, 1.165) is 78.1 Å². The molecule has 4 radical (unpaired) electrons. The maximum absolute atomic E-state index is 13.7. The summed E-state index contributed by atoms with van der Waals surface area (Å²) in [6.45, 7) is 7.69. The summed E-state index contributed by atoms with van der Waals surface area (Å²) in [5.41, 5.74) is 8.03. The number of nitrogens with two attached hydrogens (primary N) is 1. The van der Waals surface area contributed by atoms with Crippen molar-refractivity contribution in [3.8, 4) is 0 Å². The van der Waals surface area contributed by atoms with Crippen LogP contribution in [0.25, 0.3) is 11.2 Å². The van der Waals surface area contributed by atoms with Crippen LogP contribution in [0.2, 0.25) is 0 Å². The van der Waals surface area contributed by atoms with Crippen LogP contribution in [0, 0.1) is 0 Å². The number of nitrogens with one attached hydrogen (secondary N) is 3. The number of oxime groups is 2. The van der Waals surface area contributed by atoms with Crippen molar-refractivity contribution in [3.63, 3.8) is 0 Å². The normalized spacial score (nSPS) is 18.3. The topological polar surface area (TPSA) is 417 Å². The van der Waals surface area contributed by atoms with E-state index in [1.54, 1.807) is 32.5 Å². The lowest BCUT2D eigenvalue weighted by atomic mass is 10.0. The van der Waals surface area contributed by atoms with Gasteiger partial charge in [0.05, 0.1) is 24.1 Å². The molecule has 5 aromatic rings. The van der Waals surface area contributed by atoms with E-state index < -0.39 is 110 Å². The predicted molar refractivity (Wildman–Crippen MR) is 353 cm³/mol. The first-order valence-corrected chi connectivity index (χ1v) is 36.8. The Hall–Kier alpha value is -6.69. The number of aromatic nitrogens is 8. The van der Waals surface area contributed by atoms with Crippen LogP contribution >= 0.6 is 62.6 Å². The van der Waals surface area contributed by atoms with Gasteiger partial charge in [-0.2, -0.15) is 27.1 Å². The number of anilines is 3.